The Hall–Kier alpha value is -1.35. The summed E-state index contributed by atoms with van der Waals surface area (Å²) in [6, 6.07) is 9.68. The Bertz CT molecular complexity index is 341. The molecule has 0 unspecified atom stereocenters. The largest absolute Gasteiger partial charge is 0.459 e. The van der Waals surface area contributed by atoms with Gasteiger partial charge in [-0.3, -0.25) is 4.79 Å². The van der Waals surface area contributed by atoms with E-state index in [4.69, 9.17) is 9.47 Å². The van der Waals surface area contributed by atoms with E-state index in [2.05, 4.69) is 0 Å². The van der Waals surface area contributed by atoms with Crippen molar-refractivity contribution < 1.29 is 14.3 Å². The molecule has 0 aromatic heterocycles. The first-order chi connectivity index (χ1) is 7.77. The van der Waals surface area contributed by atoms with E-state index in [1.807, 2.05) is 37.3 Å². The standard InChI is InChI=1S/C13H16O3/c1-10(11-5-3-2-4-6-11)13(14)16-12-7-8-15-9-12/h2-6,10,12H,7-9H2,1H3/t10-,12-/m0/s1. The molecule has 1 saturated heterocycles. The van der Waals surface area contributed by atoms with Crippen LogP contribution in [0.25, 0.3) is 0 Å². The zero-order chi connectivity index (χ0) is 11.4. The second-order valence-corrected chi connectivity index (χ2v) is 4.05. The van der Waals surface area contributed by atoms with E-state index in [0.717, 1.165) is 12.0 Å². The average molecular weight is 220 g/mol. The van der Waals surface area contributed by atoms with Crippen LogP contribution in [0.2, 0.25) is 0 Å². The van der Waals surface area contributed by atoms with Gasteiger partial charge in [0.05, 0.1) is 19.1 Å². The second-order valence-electron chi connectivity index (χ2n) is 4.05. The average Bonchev–Trinajstić information content (AvgIpc) is 2.82. The first-order valence-corrected chi connectivity index (χ1v) is 5.60. The molecule has 1 aliphatic rings. The summed E-state index contributed by atoms with van der Waals surface area (Å²) in [5.41, 5.74) is 0.992. The van der Waals surface area contributed by atoms with Gasteiger partial charge in [-0.15, -0.1) is 0 Å². The molecular weight excluding hydrogens is 204 g/mol. The molecule has 0 radical (unpaired) electrons. The fourth-order valence-corrected chi connectivity index (χ4v) is 1.75. The summed E-state index contributed by atoms with van der Waals surface area (Å²) in [4.78, 5) is 11.8. The van der Waals surface area contributed by atoms with Gasteiger partial charge in [0.2, 0.25) is 0 Å². The summed E-state index contributed by atoms with van der Waals surface area (Å²) >= 11 is 0. The summed E-state index contributed by atoms with van der Waals surface area (Å²) in [6.45, 7) is 3.10. The van der Waals surface area contributed by atoms with Crippen molar-refractivity contribution >= 4 is 5.97 Å². The molecule has 0 saturated carbocycles. The molecule has 3 nitrogen and oxygen atoms in total. The lowest BCUT2D eigenvalue weighted by molar-refractivity contribution is -0.150. The van der Waals surface area contributed by atoms with Crippen LogP contribution in [0.1, 0.15) is 24.8 Å². The van der Waals surface area contributed by atoms with Gasteiger partial charge in [-0.2, -0.15) is 0 Å². The third kappa shape index (κ3) is 2.61. The topological polar surface area (TPSA) is 35.5 Å². The van der Waals surface area contributed by atoms with Gasteiger partial charge in [0.1, 0.15) is 6.10 Å². The predicted octanol–water partition coefficient (Wildman–Crippen LogP) is 2.12. The fourth-order valence-electron chi connectivity index (χ4n) is 1.75. The number of hydrogen-bond donors (Lipinski definition) is 0. The molecule has 2 rings (SSSR count). The molecule has 16 heavy (non-hydrogen) atoms. The first kappa shape index (κ1) is 11.1. The third-order valence-corrected chi connectivity index (χ3v) is 2.82. The predicted molar refractivity (Wildman–Crippen MR) is 60.2 cm³/mol. The summed E-state index contributed by atoms with van der Waals surface area (Å²) in [5.74, 6) is -0.372. The Morgan fingerprint density at radius 1 is 1.44 bits per heavy atom. The van der Waals surface area contributed by atoms with Crippen molar-refractivity contribution in [3.63, 3.8) is 0 Å². The molecule has 0 N–H and O–H groups in total. The minimum atomic E-state index is -0.207. The van der Waals surface area contributed by atoms with Crippen molar-refractivity contribution in [3.8, 4) is 0 Å². The van der Waals surface area contributed by atoms with Crippen molar-refractivity contribution in [1.82, 2.24) is 0 Å². The maximum Gasteiger partial charge on any atom is 0.313 e. The fraction of sp³-hybridized carbons (Fsp3) is 0.462. The van der Waals surface area contributed by atoms with E-state index < -0.39 is 0 Å². The molecule has 0 amide bonds. The minimum Gasteiger partial charge on any atom is -0.459 e. The van der Waals surface area contributed by atoms with Crippen LogP contribution < -0.4 is 0 Å². The van der Waals surface area contributed by atoms with E-state index in [-0.39, 0.29) is 18.0 Å². The summed E-state index contributed by atoms with van der Waals surface area (Å²) in [5, 5.41) is 0. The number of hydrogen-bond acceptors (Lipinski definition) is 3. The van der Waals surface area contributed by atoms with E-state index in [1.54, 1.807) is 0 Å². The van der Waals surface area contributed by atoms with Crippen molar-refractivity contribution in [2.45, 2.75) is 25.4 Å². The van der Waals surface area contributed by atoms with Crippen LogP contribution in [0.4, 0.5) is 0 Å². The molecule has 0 bridgehead atoms. The number of carbonyl (C=O) groups is 1. The first-order valence-electron chi connectivity index (χ1n) is 5.60. The van der Waals surface area contributed by atoms with Gasteiger partial charge < -0.3 is 9.47 Å². The van der Waals surface area contributed by atoms with Gasteiger partial charge in [0, 0.05) is 6.42 Å². The summed E-state index contributed by atoms with van der Waals surface area (Å²) in [6.07, 6.45) is 0.756. The van der Waals surface area contributed by atoms with Crippen LogP contribution in [0, 0.1) is 0 Å². The maximum atomic E-state index is 11.8. The molecule has 1 aromatic carbocycles. The van der Waals surface area contributed by atoms with Crippen molar-refractivity contribution in [3.05, 3.63) is 35.9 Å². The molecule has 0 aliphatic carbocycles. The normalized spacial score (nSPS) is 21.7. The number of ether oxygens (including phenoxy) is 2. The number of rotatable bonds is 3. The van der Waals surface area contributed by atoms with Gasteiger partial charge >= 0.3 is 5.97 Å². The number of benzene rings is 1. The third-order valence-electron chi connectivity index (χ3n) is 2.82. The molecule has 0 spiro atoms. The van der Waals surface area contributed by atoms with E-state index in [9.17, 15) is 4.79 Å². The lowest BCUT2D eigenvalue weighted by Crippen LogP contribution is -2.21. The summed E-state index contributed by atoms with van der Waals surface area (Å²) < 4.78 is 10.5. The van der Waals surface area contributed by atoms with Crippen LogP contribution in [0.15, 0.2) is 30.3 Å². The molecule has 1 fully saturated rings. The molecule has 1 heterocycles. The van der Waals surface area contributed by atoms with Gasteiger partial charge in [-0.1, -0.05) is 30.3 Å². The number of esters is 1. The molecular formula is C13H16O3. The Labute approximate surface area is 95.4 Å². The van der Waals surface area contributed by atoms with Gasteiger partial charge in [-0.25, -0.2) is 0 Å². The highest BCUT2D eigenvalue weighted by molar-refractivity contribution is 5.77. The molecule has 86 valence electrons. The van der Waals surface area contributed by atoms with Crippen LogP contribution in [-0.2, 0) is 14.3 Å². The highest BCUT2D eigenvalue weighted by Crippen LogP contribution is 2.18. The Kier molecular flexibility index (Phi) is 3.57. The van der Waals surface area contributed by atoms with Crippen LogP contribution in [0.3, 0.4) is 0 Å². The zero-order valence-electron chi connectivity index (χ0n) is 9.39. The van der Waals surface area contributed by atoms with Crippen LogP contribution >= 0.6 is 0 Å². The van der Waals surface area contributed by atoms with Crippen molar-refractivity contribution in [2.24, 2.45) is 0 Å². The molecule has 2 atom stereocenters. The highest BCUT2D eigenvalue weighted by Gasteiger charge is 2.23. The Morgan fingerprint density at radius 2 is 2.19 bits per heavy atom. The van der Waals surface area contributed by atoms with Gasteiger partial charge in [0.25, 0.3) is 0 Å². The monoisotopic (exact) mass is 220 g/mol. The van der Waals surface area contributed by atoms with Crippen molar-refractivity contribution in [1.29, 1.82) is 0 Å². The van der Waals surface area contributed by atoms with E-state index in [0.29, 0.717) is 13.2 Å². The SMILES string of the molecule is C[C@H](C(=O)O[C@H]1CCOC1)c1ccccc1. The molecule has 3 heteroatoms. The molecule has 1 aliphatic heterocycles. The second kappa shape index (κ2) is 5.12. The highest BCUT2D eigenvalue weighted by atomic mass is 16.6. The molecule has 1 aromatic rings. The smallest absolute Gasteiger partial charge is 0.313 e. The number of carbonyl (C=O) groups excluding carboxylic acids is 1. The minimum absolute atomic E-state index is 0.0568. The van der Waals surface area contributed by atoms with Crippen molar-refractivity contribution in [2.75, 3.05) is 13.2 Å². The van der Waals surface area contributed by atoms with E-state index >= 15 is 0 Å². The van der Waals surface area contributed by atoms with Crippen LogP contribution in [0.5, 0.6) is 0 Å². The van der Waals surface area contributed by atoms with Gasteiger partial charge in [0.15, 0.2) is 0 Å². The van der Waals surface area contributed by atoms with Gasteiger partial charge in [-0.05, 0) is 12.5 Å². The summed E-state index contributed by atoms with van der Waals surface area (Å²) in [7, 11) is 0. The van der Waals surface area contributed by atoms with Crippen LogP contribution in [-0.4, -0.2) is 25.3 Å². The Balaban J connectivity index is 1.94. The van der Waals surface area contributed by atoms with E-state index in [1.165, 1.54) is 0 Å². The maximum absolute atomic E-state index is 11.8. The lowest BCUT2D eigenvalue weighted by atomic mass is 10.0. The zero-order valence-corrected chi connectivity index (χ0v) is 9.39. The quantitative estimate of drug-likeness (QED) is 0.732. The Morgan fingerprint density at radius 3 is 2.81 bits per heavy atom. The lowest BCUT2D eigenvalue weighted by Gasteiger charge is -2.15.